The highest BCUT2D eigenvalue weighted by Gasteiger charge is 2.40. The maximum absolute atomic E-state index is 7.23. The predicted molar refractivity (Wildman–Crippen MR) is 116 cm³/mol. The van der Waals surface area contributed by atoms with Crippen molar-refractivity contribution >= 4 is 31.3 Å². The molecule has 2 atom stereocenters. The monoisotopic (exact) mass is 420 g/mol. The summed E-state index contributed by atoms with van der Waals surface area (Å²) in [7, 11) is -2.01. The van der Waals surface area contributed by atoms with Crippen LogP contribution in [0.25, 0.3) is 4.85 Å². The summed E-state index contributed by atoms with van der Waals surface area (Å²) in [5.74, 6) is 0.966. The van der Waals surface area contributed by atoms with Gasteiger partial charge in [-0.1, -0.05) is 38.4 Å². The second-order valence-electron chi connectivity index (χ2n) is 8.55. The van der Waals surface area contributed by atoms with Crippen molar-refractivity contribution in [3.63, 3.8) is 0 Å². The summed E-state index contributed by atoms with van der Waals surface area (Å²) in [6.45, 7) is 23.9. The molecule has 0 fully saturated rings. The summed E-state index contributed by atoms with van der Waals surface area (Å²) in [6, 6.07) is 3.22. The van der Waals surface area contributed by atoms with E-state index in [9.17, 15) is 0 Å². The van der Waals surface area contributed by atoms with Gasteiger partial charge in [-0.25, -0.2) is 4.85 Å². The van der Waals surface area contributed by atoms with Gasteiger partial charge in [0.05, 0.1) is 17.7 Å². The van der Waals surface area contributed by atoms with Gasteiger partial charge in [-0.05, 0) is 43.6 Å². The molecule has 8 heteroatoms. The molecule has 2 rings (SSSR count). The molecule has 0 amide bonds. The molecular weight excluding hydrogens is 392 g/mol. The van der Waals surface area contributed by atoms with Crippen LogP contribution in [0.15, 0.2) is 16.5 Å². The Hall–Kier alpha value is -1.88. The topological polar surface area (TPSA) is 64.5 Å². The first-order valence-electron chi connectivity index (χ1n) is 9.28. The van der Waals surface area contributed by atoms with Crippen LogP contribution in [-0.4, -0.2) is 24.6 Å². The van der Waals surface area contributed by atoms with Crippen LogP contribution in [0.3, 0.4) is 0 Å². The quantitative estimate of drug-likeness (QED) is 0.429. The second kappa shape index (κ2) is 8.24. The molecule has 0 aliphatic heterocycles. The first-order valence-corrected chi connectivity index (χ1v) is 12.6. The van der Waals surface area contributed by atoms with Crippen molar-refractivity contribution < 1.29 is 8.84 Å². The highest BCUT2D eigenvalue weighted by atomic mass is 35.5. The first kappa shape index (κ1) is 22.4. The third-order valence-electron chi connectivity index (χ3n) is 5.36. The molecule has 0 saturated carbocycles. The van der Waals surface area contributed by atoms with Crippen molar-refractivity contribution in [3.05, 3.63) is 45.9 Å². The van der Waals surface area contributed by atoms with Gasteiger partial charge in [-0.3, -0.25) is 0 Å². The summed E-state index contributed by atoms with van der Waals surface area (Å²) in [5.41, 5.74) is 2.04. The molecule has 6 nitrogen and oxygen atoms in total. The molecule has 0 saturated heterocycles. The smallest absolute Gasteiger partial charge is 0.241 e. The van der Waals surface area contributed by atoms with Crippen LogP contribution in [0, 0.1) is 20.4 Å². The van der Waals surface area contributed by atoms with Gasteiger partial charge in [0, 0.05) is 12.6 Å². The Morgan fingerprint density at radius 3 is 2.39 bits per heavy atom. The van der Waals surface area contributed by atoms with Gasteiger partial charge in [0.15, 0.2) is 8.32 Å². The summed E-state index contributed by atoms with van der Waals surface area (Å²) in [5, 5.41) is 12.2. The third kappa shape index (κ3) is 4.74. The van der Waals surface area contributed by atoms with Gasteiger partial charge in [0.1, 0.15) is 6.04 Å². The van der Waals surface area contributed by atoms with E-state index in [4.69, 9.17) is 27.0 Å². The van der Waals surface area contributed by atoms with Crippen LogP contribution >= 0.6 is 11.6 Å². The Balaban J connectivity index is 2.39. The van der Waals surface area contributed by atoms with E-state index >= 15 is 0 Å². The van der Waals surface area contributed by atoms with E-state index in [0.717, 1.165) is 11.3 Å². The van der Waals surface area contributed by atoms with Crippen molar-refractivity contribution in [3.8, 4) is 0 Å². The number of hydrogen-bond donors (Lipinski definition) is 1. The lowest BCUT2D eigenvalue weighted by atomic mass is 10.1. The second-order valence-corrected chi connectivity index (χ2v) is 13.7. The van der Waals surface area contributed by atoms with Gasteiger partial charge >= 0.3 is 0 Å². The molecule has 0 unspecified atom stereocenters. The number of aryl methyl sites for hydroxylation is 1. The number of benzene rings is 1. The van der Waals surface area contributed by atoms with E-state index < -0.39 is 8.32 Å². The maximum Gasteiger partial charge on any atom is 0.241 e. The minimum Gasteiger partial charge on any atom is -0.423 e. The molecule has 0 radical (unpaired) electrons. The number of halogens is 1. The average Bonchev–Trinajstić information content (AvgIpc) is 3.00. The molecule has 28 heavy (non-hydrogen) atoms. The lowest BCUT2D eigenvalue weighted by Gasteiger charge is -2.40. The predicted octanol–water partition coefficient (Wildman–Crippen LogP) is 6.45. The number of aromatic nitrogens is 2. The molecule has 0 bridgehead atoms. The van der Waals surface area contributed by atoms with Gasteiger partial charge < -0.3 is 14.2 Å². The zero-order valence-corrected chi connectivity index (χ0v) is 19.6. The summed E-state index contributed by atoms with van der Waals surface area (Å²) >= 11 is 6.35. The average molecular weight is 421 g/mol. The van der Waals surface area contributed by atoms with Crippen LogP contribution in [0.2, 0.25) is 23.2 Å². The maximum atomic E-state index is 7.23. The van der Waals surface area contributed by atoms with Crippen molar-refractivity contribution in [2.75, 3.05) is 5.32 Å². The van der Waals surface area contributed by atoms with E-state index in [0.29, 0.717) is 22.5 Å². The Kier molecular flexibility index (Phi) is 6.59. The van der Waals surface area contributed by atoms with E-state index in [1.165, 1.54) is 0 Å². The molecule has 1 aromatic carbocycles. The van der Waals surface area contributed by atoms with Crippen molar-refractivity contribution in [2.24, 2.45) is 0 Å². The zero-order valence-electron chi connectivity index (χ0n) is 17.8. The summed E-state index contributed by atoms with van der Waals surface area (Å²) in [6.07, 6.45) is -0.209. The van der Waals surface area contributed by atoms with Gasteiger partial charge in [0.2, 0.25) is 17.5 Å². The van der Waals surface area contributed by atoms with Crippen molar-refractivity contribution in [1.82, 2.24) is 10.2 Å². The van der Waals surface area contributed by atoms with Crippen LogP contribution in [0.5, 0.6) is 0 Å². The Morgan fingerprint density at radius 1 is 1.25 bits per heavy atom. The third-order valence-corrected chi connectivity index (χ3v) is 10.4. The molecule has 0 aliphatic rings. The molecule has 1 heterocycles. The normalized spacial score (nSPS) is 14.4. The fraction of sp³-hybridized carbons (Fsp3) is 0.550. The van der Waals surface area contributed by atoms with Crippen molar-refractivity contribution in [1.29, 1.82) is 0 Å². The fourth-order valence-electron chi connectivity index (χ4n) is 2.61. The Labute approximate surface area is 173 Å². The van der Waals surface area contributed by atoms with Crippen LogP contribution < -0.4 is 5.32 Å². The molecule has 152 valence electrons. The molecular formula is C20H29ClN4O2Si. The Bertz CT molecular complexity index is 883. The minimum absolute atomic E-state index is 0.0765. The van der Waals surface area contributed by atoms with Crippen LogP contribution in [0.4, 0.5) is 11.4 Å². The van der Waals surface area contributed by atoms with Gasteiger partial charge in [-0.15, -0.1) is 10.2 Å². The highest BCUT2D eigenvalue weighted by molar-refractivity contribution is 6.74. The zero-order chi connectivity index (χ0) is 21.3. The highest BCUT2D eigenvalue weighted by Crippen LogP contribution is 2.40. The first-order chi connectivity index (χ1) is 12.9. The summed E-state index contributed by atoms with van der Waals surface area (Å²) < 4.78 is 12.3. The lowest BCUT2D eigenvalue weighted by molar-refractivity contribution is 0.165. The molecule has 0 spiro atoms. The minimum atomic E-state index is -2.01. The molecule has 0 aliphatic carbocycles. The van der Waals surface area contributed by atoms with Crippen LogP contribution in [-0.2, 0) is 4.43 Å². The largest absolute Gasteiger partial charge is 0.423 e. The number of hydrogen-bond acceptors (Lipinski definition) is 5. The van der Waals surface area contributed by atoms with E-state index in [1.54, 1.807) is 13.0 Å². The van der Waals surface area contributed by atoms with Crippen LogP contribution in [0.1, 0.15) is 51.1 Å². The SMILES string of the molecule is [C-]#[N+]c1ccc(N[C@@H](c2nnc(C)o2)[C@@H](C)O[Si](C)(C)C(C)(C)C)c(C)c1Cl. The Morgan fingerprint density at radius 2 is 1.89 bits per heavy atom. The van der Waals surface area contributed by atoms with Gasteiger partial charge in [0.25, 0.3) is 0 Å². The standard InChI is InChI=1S/C20H29ClN4O2Si/c1-12-15(10-11-16(22-7)17(12)21)23-18(19-25-24-14(3)26-19)13(2)27-28(8,9)20(4,5)6/h10-11,13,18,23H,1-6,8-9H3/t13-,18-/m1/s1. The van der Waals surface area contributed by atoms with E-state index in [2.05, 4.69) is 54.2 Å². The van der Waals surface area contributed by atoms with E-state index in [-0.39, 0.29) is 17.2 Å². The van der Waals surface area contributed by atoms with Crippen molar-refractivity contribution in [2.45, 2.75) is 71.8 Å². The number of anilines is 1. The number of rotatable bonds is 6. The fourth-order valence-corrected chi connectivity index (χ4v) is 4.23. The molecule has 2 aromatic rings. The number of nitrogens with zero attached hydrogens (tertiary/aromatic N) is 3. The number of nitrogens with one attached hydrogen (secondary N) is 1. The molecule has 1 aromatic heterocycles. The van der Waals surface area contributed by atoms with E-state index in [1.807, 2.05) is 19.9 Å². The molecule has 1 N–H and O–H groups in total. The lowest BCUT2D eigenvalue weighted by Crippen LogP contribution is -2.45. The van der Waals surface area contributed by atoms with Gasteiger partial charge in [-0.2, -0.15) is 0 Å². The summed E-state index contributed by atoms with van der Waals surface area (Å²) in [4.78, 5) is 3.45.